The molecule has 56 valence electrons. The van der Waals surface area contributed by atoms with E-state index in [9.17, 15) is 4.79 Å². The Morgan fingerprint density at radius 1 is 1.78 bits per heavy atom. The zero-order valence-corrected chi connectivity index (χ0v) is 6.40. The third kappa shape index (κ3) is 7.72. The van der Waals surface area contributed by atoms with Crippen LogP contribution < -0.4 is 5.73 Å². The van der Waals surface area contributed by atoms with E-state index in [1.807, 2.05) is 0 Å². The summed E-state index contributed by atoms with van der Waals surface area (Å²) in [7, 11) is 1.35. The van der Waals surface area contributed by atoms with Gasteiger partial charge in [0.25, 0.3) is 0 Å². The number of ether oxygens (including phenoxy) is 1. The highest BCUT2D eigenvalue weighted by Gasteiger charge is 2.01. The van der Waals surface area contributed by atoms with Gasteiger partial charge in [0.05, 0.1) is 13.5 Å². The summed E-state index contributed by atoms with van der Waals surface area (Å²) >= 11 is 0. The van der Waals surface area contributed by atoms with Gasteiger partial charge in [0.1, 0.15) is 0 Å². The van der Waals surface area contributed by atoms with Gasteiger partial charge in [-0.25, -0.2) is 0 Å². The predicted octanol–water partition coefficient (Wildman–Crippen LogP) is 0.318. The molecule has 0 rings (SSSR count). The maximum Gasteiger partial charge on any atom is 0.307 e. The number of methoxy groups -OCH3 is 1. The molecule has 0 aliphatic carbocycles. The fraction of sp³-hybridized carbons (Fsp3) is 0.800. The largest absolute Gasteiger partial charge is 0.469 e. The second-order valence-electron chi connectivity index (χ2n) is 1.76. The van der Waals surface area contributed by atoms with Crippen LogP contribution in [0.3, 0.4) is 0 Å². The molecular formula is C5H12ClNO2. The standard InChI is InChI=1S/C5H11NO2.ClH/c1-4(6)3-5(7)8-2;/h4H,3,6H2,1-2H3;1H. The number of esters is 1. The van der Waals surface area contributed by atoms with Gasteiger partial charge in [-0.1, -0.05) is 0 Å². The van der Waals surface area contributed by atoms with Crippen LogP contribution in [0.4, 0.5) is 0 Å². The van der Waals surface area contributed by atoms with Gasteiger partial charge in [-0.15, -0.1) is 12.4 Å². The summed E-state index contributed by atoms with van der Waals surface area (Å²) in [6.07, 6.45) is 0.302. The molecule has 0 aromatic rings. The second kappa shape index (κ2) is 5.85. The molecule has 0 aliphatic rings. The highest BCUT2D eigenvalue weighted by Crippen LogP contribution is 1.86. The number of hydrogen-bond donors (Lipinski definition) is 1. The van der Waals surface area contributed by atoms with Gasteiger partial charge in [-0.2, -0.15) is 0 Å². The Labute approximate surface area is 61.0 Å². The first-order chi connectivity index (χ1) is 3.66. The van der Waals surface area contributed by atoms with E-state index < -0.39 is 0 Å². The fourth-order valence-electron chi connectivity index (χ4n) is 0.346. The van der Waals surface area contributed by atoms with E-state index in [1.165, 1.54) is 7.11 Å². The van der Waals surface area contributed by atoms with Crippen LogP contribution in [0, 0.1) is 0 Å². The Morgan fingerprint density at radius 2 is 2.22 bits per heavy atom. The molecule has 0 aliphatic heterocycles. The molecule has 0 fully saturated rings. The molecule has 0 amide bonds. The zero-order chi connectivity index (χ0) is 6.57. The molecule has 0 radical (unpaired) electrons. The van der Waals surface area contributed by atoms with Gasteiger partial charge in [0.15, 0.2) is 0 Å². The van der Waals surface area contributed by atoms with Gasteiger partial charge >= 0.3 is 5.97 Å². The summed E-state index contributed by atoms with van der Waals surface area (Å²) in [4.78, 5) is 10.3. The van der Waals surface area contributed by atoms with Crippen LogP contribution in [-0.2, 0) is 9.53 Å². The van der Waals surface area contributed by atoms with Crippen molar-refractivity contribution < 1.29 is 9.53 Å². The van der Waals surface area contributed by atoms with Crippen LogP contribution in [0.2, 0.25) is 0 Å². The normalized spacial score (nSPS) is 11.4. The fourth-order valence-corrected chi connectivity index (χ4v) is 0.346. The quantitative estimate of drug-likeness (QED) is 0.582. The van der Waals surface area contributed by atoms with E-state index in [2.05, 4.69) is 4.74 Å². The summed E-state index contributed by atoms with van der Waals surface area (Å²) in [6, 6.07) is -0.0950. The van der Waals surface area contributed by atoms with Crippen LogP contribution in [-0.4, -0.2) is 19.1 Å². The van der Waals surface area contributed by atoms with Crippen molar-refractivity contribution in [1.82, 2.24) is 0 Å². The van der Waals surface area contributed by atoms with Crippen molar-refractivity contribution in [3.8, 4) is 0 Å². The number of carbonyl (C=O) groups is 1. The average molecular weight is 154 g/mol. The number of halogens is 1. The molecule has 0 heterocycles. The summed E-state index contributed by atoms with van der Waals surface area (Å²) in [5.41, 5.74) is 5.27. The summed E-state index contributed by atoms with van der Waals surface area (Å²) in [5, 5.41) is 0. The van der Waals surface area contributed by atoms with Gasteiger partial charge in [0.2, 0.25) is 0 Å². The Bertz CT molecular complexity index is 85.0. The van der Waals surface area contributed by atoms with Crippen molar-refractivity contribution in [2.24, 2.45) is 5.73 Å². The number of carbonyl (C=O) groups excluding carboxylic acids is 1. The van der Waals surface area contributed by atoms with Crippen molar-refractivity contribution >= 4 is 18.4 Å². The molecule has 0 spiro atoms. The molecule has 0 saturated heterocycles. The van der Waals surface area contributed by atoms with Crippen LogP contribution in [0.1, 0.15) is 13.3 Å². The molecule has 4 heteroatoms. The monoisotopic (exact) mass is 153 g/mol. The lowest BCUT2D eigenvalue weighted by Gasteiger charge is -2.00. The van der Waals surface area contributed by atoms with Crippen LogP contribution in [0.25, 0.3) is 0 Å². The first kappa shape index (κ1) is 11.5. The third-order valence-corrected chi connectivity index (χ3v) is 0.716. The van der Waals surface area contributed by atoms with Gasteiger partial charge < -0.3 is 10.5 Å². The van der Waals surface area contributed by atoms with Gasteiger partial charge in [0, 0.05) is 6.04 Å². The first-order valence-corrected chi connectivity index (χ1v) is 2.49. The number of rotatable bonds is 2. The molecule has 0 saturated carbocycles. The zero-order valence-electron chi connectivity index (χ0n) is 5.59. The number of hydrogen-bond acceptors (Lipinski definition) is 3. The highest BCUT2D eigenvalue weighted by atomic mass is 35.5. The first-order valence-electron chi connectivity index (χ1n) is 2.49. The molecule has 3 nitrogen and oxygen atoms in total. The molecule has 2 N–H and O–H groups in total. The van der Waals surface area contributed by atoms with E-state index in [1.54, 1.807) is 6.92 Å². The molecule has 9 heavy (non-hydrogen) atoms. The maximum atomic E-state index is 10.3. The van der Waals surface area contributed by atoms with E-state index in [4.69, 9.17) is 5.73 Å². The van der Waals surface area contributed by atoms with Crippen molar-refractivity contribution in [3.63, 3.8) is 0 Å². The minimum absolute atomic E-state index is 0. The lowest BCUT2D eigenvalue weighted by Crippen LogP contribution is -2.20. The predicted molar refractivity (Wildman–Crippen MR) is 37.5 cm³/mol. The second-order valence-corrected chi connectivity index (χ2v) is 1.76. The Hall–Kier alpha value is -0.280. The molecule has 0 aromatic heterocycles. The van der Waals surface area contributed by atoms with Crippen LogP contribution >= 0.6 is 12.4 Å². The van der Waals surface area contributed by atoms with Crippen molar-refractivity contribution in [2.75, 3.05) is 7.11 Å². The molecule has 0 bridgehead atoms. The molecule has 1 atom stereocenters. The summed E-state index contributed by atoms with van der Waals surface area (Å²) in [5.74, 6) is -0.250. The van der Waals surface area contributed by atoms with E-state index >= 15 is 0 Å². The third-order valence-electron chi connectivity index (χ3n) is 0.716. The van der Waals surface area contributed by atoms with Crippen molar-refractivity contribution in [3.05, 3.63) is 0 Å². The topological polar surface area (TPSA) is 52.3 Å². The summed E-state index contributed by atoms with van der Waals surface area (Å²) < 4.78 is 4.34. The van der Waals surface area contributed by atoms with E-state index in [-0.39, 0.29) is 24.4 Å². The lowest BCUT2D eigenvalue weighted by atomic mass is 10.3. The van der Waals surface area contributed by atoms with Crippen molar-refractivity contribution in [1.29, 1.82) is 0 Å². The van der Waals surface area contributed by atoms with Gasteiger partial charge in [-0.3, -0.25) is 4.79 Å². The lowest BCUT2D eigenvalue weighted by molar-refractivity contribution is -0.140. The smallest absolute Gasteiger partial charge is 0.307 e. The van der Waals surface area contributed by atoms with Gasteiger partial charge in [-0.05, 0) is 6.92 Å². The Balaban J connectivity index is 0. The van der Waals surface area contributed by atoms with Crippen molar-refractivity contribution in [2.45, 2.75) is 19.4 Å². The Morgan fingerprint density at radius 3 is 2.33 bits per heavy atom. The minimum Gasteiger partial charge on any atom is -0.469 e. The molecule has 1 unspecified atom stereocenters. The molecular weight excluding hydrogens is 142 g/mol. The van der Waals surface area contributed by atoms with E-state index in [0.717, 1.165) is 0 Å². The van der Waals surface area contributed by atoms with Crippen LogP contribution in [0.5, 0.6) is 0 Å². The van der Waals surface area contributed by atoms with E-state index in [0.29, 0.717) is 6.42 Å². The highest BCUT2D eigenvalue weighted by molar-refractivity contribution is 5.85. The summed E-state index contributed by atoms with van der Waals surface area (Å²) in [6.45, 7) is 1.76. The Kier molecular flexibility index (Phi) is 7.48. The molecule has 0 aromatic carbocycles. The average Bonchev–Trinajstić information content (AvgIpc) is 1.65. The SMILES string of the molecule is COC(=O)CC(C)N.Cl. The minimum atomic E-state index is -0.250. The van der Waals surface area contributed by atoms with Crippen LogP contribution in [0.15, 0.2) is 0 Å². The number of nitrogens with two attached hydrogens (primary N) is 1. The maximum absolute atomic E-state index is 10.3.